The highest BCUT2D eigenvalue weighted by molar-refractivity contribution is 6.33. The molecule has 6 heteroatoms. The van der Waals surface area contributed by atoms with Gasteiger partial charge in [0.1, 0.15) is 0 Å². The van der Waals surface area contributed by atoms with E-state index in [0.717, 1.165) is 5.56 Å². The number of aryl methyl sites for hydroxylation is 1. The first kappa shape index (κ1) is 14.3. The number of nitrogens with zero attached hydrogens (tertiary/aromatic N) is 2. The van der Waals surface area contributed by atoms with Crippen LogP contribution in [0.3, 0.4) is 0 Å². The van der Waals surface area contributed by atoms with Gasteiger partial charge in [-0.15, -0.1) is 0 Å². The first-order valence-corrected chi connectivity index (χ1v) is 6.98. The Morgan fingerprint density at radius 2 is 1.86 bits per heavy atom. The Hall–Kier alpha value is -2.66. The van der Waals surface area contributed by atoms with E-state index in [2.05, 4.69) is 15.5 Å². The molecule has 0 saturated heterocycles. The molecular formula is C16H12ClN3O2. The van der Waals surface area contributed by atoms with Crippen molar-refractivity contribution in [3.8, 4) is 11.5 Å². The van der Waals surface area contributed by atoms with E-state index in [4.69, 9.17) is 16.1 Å². The number of amides is 1. The van der Waals surface area contributed by atoms with E-state index in [1.54, 1.807) is 49.4 Å². The van der Waals surface area contributed by atoms with Crippen molar-refractivity contribution >= 4 is 23.2 Å². The molecule has 0 unspecified atom stereocenters. The zero-order valence-electron chi connectivity index (χ0n) is 11.7. The van der Waals surface area contributed by atoms with Gasteiger partial charge in [0.25, 0.3) is 11.8 Å². The van der Waals surface area contributed by atoms with E-state index in [1.165, 1.54) is 0 Å². The molecule has 0 aliphatic heterocycles. The zero-order chi connectivity index (χ0) is 15.5. The number of para-hydroxylation sites is 1. The molecule has 0 aliphatic carbocycles. The molecule has 3 aromatic rings. The van der Waals surface area contributed by atoms with Crippen LogP contribution < -0.4 is 5.32 Å². The molecule has 110 valence electrons. The van der Waals surface area contributed by atoms with Crippen LogP contribution in [0.2, 0.25) is 5.02 Å². The molecule has 2 aromatic carbocycles. The van der Waals surface area contributed by atoms with E-state index < -0.39 is 0 Å². The number of hydrogen-bond acceptors (Lipinski definition) is 4. The van der Waals surface area contributed by atoms with Crippen LogP contribution in [-0.4, -0.2) is 16.0 Å². The summed E-state index contributed by atoms with van der Waals surface area (Å²) in [6, 6.07) is 14.0. The Morgan fingerprint density at radius 3 is 2.50 bits per heavy atom. The Bertz CT molecular complexity index is 812. The SMILES string of the molecule is Cc1noc(-c2ccc(C(=O)Nc3ccccc3Cl)cc2)n1. The van der Waals surface area contributed by atoms with Crippen molar-refractivity contribution in [1.29, 1.82) is 0 Å². The van der Waals surface area contributed by atoms with Crippen molar-refractivity contribution in [1.82, 2.24) is 10.1 Å². The Morgan fingerprint density at radius 1 is 1.14 bits per heavy atom. The molecule has 5 nitrogen and oxygen atoms in total. The number of carbonyl (C=O) groups excluding carboxylic acids is 1. The average Bonchev–Trinajstić information content (AvgIpc) is 2.96. The minimum Gasteiger partial charge on any atom is -0.334 e. The maximum absolute atomic E-state index is 12.2. The number of aromatic nitrogens is 2. The molecule has 0 atom stereocenters. The van der Waals surface area contributed by atoms with Crippen LogP contribution >= 0.6 is 11.6 Å². The third kappa shape index (κ3) is 2.99. The molecule has 0 aliphatic rings. The van der Waals surface area contributed by atoms with Crippen molar-refractivity contribution in [2.24, 2.45) is 0 Å². The summed E-state index contributed by atoms with van der Waals surface area (Å²) in [6.07, 6.45) is 0. The first-order chi connectivity index (χ1) is 10.6. The van der Waals surface area contributed by atoms with Gasteiger partial charge in [-0.25, -0.2) is 0 Å². The largest absolute Gasteiger partial charge is 0.334 e. The fraction of sp³-hybridized carbons (Fsp3) is 0.0625. The molecule has 0 saturated carbocycles. The van der Waals surface area contributed by atoms with Gasteiger partial charge in [0.2, 0.25) is 0 Å². The third-order valence-electron chi connectivity index (χ3n) is 3.04. The van der Waals surface area contributed by atoms with E-state index >= 15 is 0 Å². The second-order valence-corrected chi connectivity index (χ2v) is 5.07. The summed E-state index contributed by atoms with van der Waals surface area (Å²) < 4.78 is 5.08. The smallest absolute Gasteiger partial charge is 0.257 e. The van der Waals surface area contributed by atoms with Crippen molar-refractivity contribution < 1.29 is 9.32 Å². The molecule has 1 amide bonds. The molecule has 22 heavy (non-hydrogen) atoms. The van der Waals surface area contributed by atoms with Crippen molar-refractivity contribution in [2.75, 3.05) is 5.32 Å². The molecule has 0 fully saturated rings. The summed E-state index contributed by atoms with van der Waals surface area (Å²) >= 11 is 6.02. The van der Waals surface area contributed by atoms with Crippen LogP contribution in [0.5, 0.6) is 0 Å². The van der Waals surface area contributed by atoms with E-state index in [1.807, 2.05) is 6.07 Å². The number of carbonyl (C=O) groups is 1. The monoisotopic (exact) mass is 313 g/mol. The number of rotatable bonds is 3. The lowest BCUT2D eigenvalue weighted by Crippen LogP contribution is -2.11. The first-order valence-electron chi connectivity index (χ1n) is 6.60. The number of benzene rings is 2. The summed E-state index contributed by atoms with van der Waals surface area (Å²) in [5.74, 6) is 0.757. The summed E-state index contributed by atoms with van der Waals surface area (Å²) in [4.78, 5) is 16.3. The fourth-order valence-electron chi connectivity index (χ4n) is 1.94. The minimum atomic E-state index is -0.235. The lowest BCUT2D eigenvalue weighted by atomic mass is 10.1. The summed E-state index contributed by atoms with van der Waals surface area (Å²) in [6.45, 7) is 1.75. The van der Waals surface area contributed by atoms with Gasteiger partial charge in [0.05, 0.1) is 10.7 Å². The van der Waals surface area contributed by atoms with Crippen LogP contribution in [0.1, 0.15) is 16.2 Å². The van der Waals surface area contributed by atoms with Crippen molar-refractivity contribution in [2.45, 2.75) is 6.92 Å². The molecule has 3 rings (SSSR count). The zero-order valence-corrected chi connectivity index (χ0v) is 12.5. The number of halogens is 1. The van der Waals surface area contributed by atoms with Gasteiger partial charge < -0.3 is 9.84 Å². The van der Waals surface area contributed by atoms with Crippen LogP contribution in [0.15, 0.2) is 53.1 Å². The Labute approximate surface area is 131 Å². The highest BCUT2D eigenvalue weighted by Gasteiger charge is 2.10. The average molecular weight is 314 g/mol. The second-order valence-electron chi connectivity index (χ2n) is 4.66. The van der Waals surface area contributed by atoms with Crippen LogP contribution in [0.4, 0.5) is 5.69 Å². The quantitative estimate of drug-likeness (QED) is 0.795. The maximum atomic E-state index is 12.2. The van der Waals surface area contributed by atoms with Gasteiger partial charge in [-0.05, 0) is 43.3 Å². The highest BCUT2D eigenvalue weighted by Crippen LogP contribution is 2.22. The number of hydrogen-bond donors (Lipinski definition) is 1. The van der Waals surface area contributed by atoms with Crippen LogP contribution in [0.25, 0.3) is 11.5 Å². The lowest BCUT2D eigenvalue weighted by Gasteiger charge is -2.07. The van der Waals surface area contributed by atoms with Crippen molar-refractivity contribution in [3.63, 3.8) is 0 Å². The van der Waals surface area contributed by atoms with Gasteiger partial charge in [-0.1, -0.05) is 28.9 Å². The molecule has 0 bridgehead atoms. The second kappa shape index (κ2) is 5.99. The number of anilines is 1. The van der Waals surface area contributed by atoms with Gasteiger partial charge in [-0.3, -0.25) is 4.79 Å². The Balaban J connectivity index is 1.78. The van der Waals surface area contributed by atoms with Crippen LogP contribution in [-0.2, 0) is 0 Å². The van der Waals surface area contributed by atoms with E-state index in [0.29, 0.717) is 28.0 Å². The minimum absolute atomic E-state index is 0.235. The Kier molecular flexibility index (Phi) is 3.89. The summed E-state index contributed by atoms with van der Waals surface area (Å²) in [7, 11) is 0. The summed E-state index contributed by atoms with van der Waals surface area (Å²) in [5, 5.41) is 7.00. The normalized spacial score (nSPS) is 10.5. The van der Waals surface area contributed by atoms with E-state index in [9.17, 15) is 4.79 Å². The lowest BCUT2D eigenvalue weighted by molar-refractivity contribution is 0.102. The predicted octanol–water partition coefficient (Wildman–Crippen LogP) is 3.95. The molecule has 0 radical (unpaired) electrons. The predicted molar refractivity (Wildman–Crippen MR) is 83.9 cm³/mol. The molecule has 1 aromatic heterocycles. The van der Waals surface area contributed by atoms with E-state index in [-0.39, 0.29) is 5.91 Å². The maximum Gasteiger partial charge on any atom is 0.257 e. The molecule has 0 spiro atoms. The van der Waals surface area contributed by atoms with Gasteiger partial charge in [0.15, 0.2) is 5.82 Å². The fourth-order valence-corrected chi connectivity index (χ4v) is 2.12. The highest BCUT2D eigenvalue weighted by atomic mass is 35.5. The molecule has 1 N–H and O–H groups in total. The third-order valence-corrected chi connectivity index (χ3v) is 3.37. The molecular weight excluding hydrogens is 302 g/mol. The summed E-state index contributed by atoms with van der Waals surface area (Å²) in [5.41, 5.74) is 1.85. The number of nitrogens with one attached hydrogen (secondary N) is 1. The van der Waals surface area contributed by atoms with Gasteiger partial charge in [0, 0.05) is 11.1 Å². The van der Waals surface area contributed by atoms with Gasteiger partial charge in [-0.2, -0.15) is 4.98 Å². The molecule has 1 heterocycles. The standard InChI is InChI=1S/C16H12ClN3O2/c1-10-18-16(22-20-10)12-8-6-11(7-9-12)15(21)19-14-5-3-2-4-13(14)17/h2-9H,1H3,(H,19,21). The topological polar surface area (TPSA) is 68.0 Å². The van der Waals surface area contributed by atoms with Crippen molar-refractivity contribution in [3.05, 3.63) is 64.9 Å². The van der Waals surface area contributed by atoms with Crippen LogP contribution in [0, 0.1) is 6.92 Å². The van der Waals surface area contributed by atoms with Gasteiger partial charge >= 0.3 is 0 Å².